The highest BCUT2D eigenvalue weighted by Crippen LogP contribution is 2.26. The molecule has 6 heteroatoms. The molecule has 0 fully saturated rings. The van der Waals surface area contributed by atoms with Crippen molar-refractivity contribution in [3.05, 3.63) is 70.1 Å². The SMILES string of the molecule is CCn1c(=O)c(-c2cccs2)cc2cnc(Nc3ccc(C)cn3)cc21. The molecule has 0 saturated carbocycles. The number of rotatable bonds is 4. The Hall–Kier alpha value is -2.99. The lowest BCUT2D eigenvalue weighted by molar-refractivity contribution is 0.761. The van der Waals surface area contributed by atoms with Gasteiger partial charge in [-0.05, 0) is 43.0 Å². The van der Waals surface area contributed by atoms with Crippen molar-refractivity contribution in [1.29, 1.82) is 0 Å². The van der Waals surface area contributed by atoms with E-state index in [2.05, 4.69) is 15.3 Å². The van der Waals surface area contributed by atoms with Gasteiger partial charge in [0.2, 0.25) is 0 Å². The Kier molecular flexibility index (Phi) is 4.26. The zero-order valence-electron chi connectivity index (χ0n) is 14.6. The lowest BCUT2D eigenvalue weighted by Crippen LogP contribution is -2.21. The van der Waals surface area contributed by atoms with E-state index in [9.17, 15) is 4.79 Å². The number of thiophene rings is 1. The fourth-order valence-electron chi connectivity index (χ4n) is 2.94. The van der Waals surface area contributed by atoms with Crippen LogP contribution in [0.2, 0.25) is 0 Å². The standard InChI is InChI=1S/C20H18N4OS/c1-3-24-16-10-19(23-18-7-6-13(2)11-21-18)22-12-14(16)9-15(20(24)25)17-5-4-8-26-17/h4-12H,3H2,1-2H3,(H,21,22,23). The average Bonchev–Trinajstić information content (AvgIpc) is 3.18. The largest absolute Gasteiger partial charge is 0.325 e. The van der Waals surface area contributed by atoms with Gasteiger partial charge in [-0.2, -0.15) is 0 Å². The van der Waals surface area contributed by atoms with E-state index < -0.39 is 0 Å². The van der Waals surface area contributed by atoms with E-state index in [4.69, 9.17) is 0 Å². The number of fused-ring (bicyclic) bond motifs is 1. The second kappa shape index (κ2) is 6.72. The summed E-state index contributed by atoms with van der Waals surface area (Å²) in [4.78, 5) is 22.7. The number of aromatic nitrogens is 3. The van der Waals surface area contributed by atoms with Crippen LogP contribution in [0.3, 0.4) is 0 Å². The normalized spacial score (nSPS) is 11.0. The molecular formula is C20H18N4OS. The van der Waals surface area contributed by atoms with E-state index in [-0.39, 0.29) is 5.56 Å². The molecule has 0 atom stereocenters. The zero-order chi connectivity index (χ0) is 18.1. The number of nitrogens with zero attached hydrogens (tertiary/aromatic N) is 3. The molecular weight excluding hydrogens is 344 g/mol. The summed E-state index contributed by atoms with van der Waals surface area (Å²) < 4.78 is 1.79. The van der Waals surface area contributed by atoms with Crippen LogP contribution in [0.25, 0.3) is 21.3 Å². The molecule has 4 heterocycles. The first-order valence-corrected chi connectivity index (χ1v) is 9.31. The minimum Gasteiger partial charge on any atom is -0.325 e. The fraction of sp³-hybridized carbons (Fsp3) is 0.150. The lowest BCUT2D eigenvalue weighted by atomic mass is 10.1. The smallest absolute Gasteiger partial charge is 0.259 e. The van der Waals surface area contributed by atoms with Crippen molar-refractivity contribution in [2.24, 2.45) is 0 Å². The Bertz CT molecular complexity index is 1120. The van der Waals surface area contributed by atoms with Crippen LogP contribution in [-0.2, 0) is 6.54 Å². The van der Waals surface area contributed by atoms with Crippen molar-refractivity contribution >= 4 is 33.9 Å². The molecule has 0 amide bonds. The predicted octanol–water partition coefficient (Wildman–Crippen LogP) is 4.59. The third-order valence-corrected chi connectivity index (χ3v) is 5.15. The van der Waals surface area contributed by atoms with Crippen molar-refractivity contribution in [3.63, 3.8) is 0 Å². The average molecular weight is 362 g/mol. The maximum atomic E-state index is 12.9. The van der Waals surface area contributed by atoms with E-state index in [1.165, 1.54) is 0 Å². The Morgan fingerprint density at radius 3 is 2.65 bits per heavy atom. The van der Waals surface area contributed by atoms with Gasteiger partial charge in [0.25, 0.3) is 5.56 Å². The molecule has 1 N–H and O–H groups in total. The first kappa shape index (κ1) is 16.5. The molecule has 0 unspecified atom stereocenters. The van der Waals surface area contributed by atoms with Gasteiger partial charge < -0.3 is 9.88 Å². The van der Waals surface area contributed by atoms with Gasteiger partial charge in [0.15, 0.2) is 0 Å². The summed E-state index contributed by atoms with van der Waals surface area (Å²) in [7, 11) is 0. The summed E-state index contributed by atoms with van der Waals surface area (Å²) in [6.45, 7) is 4.57. The molecule has 5 nitrogen and oxygen atoms in total. The highest BCUT2D eigenvalue weighted by atomic mass is 32.1. The van der Waals surface area contributed by atoms with Crippen LogP contribution in [0.15, 0.2) is 59.0 Å². The Balaban J connectivity index is 1.81. The van der Waals surface area contributed by atoms with Crippen LogP contribution in [0, 0.1) is 6.92 Å². The molecule has 0 radical (unpaired) electrons. The third-order valence-electron chi connectivity index (χ3n) is 4.25. The van der Waals surface area contributed by atoms with Gasteiger partial charge in [-0.3, -0.25) is 4.79 Å². The van der Waals surface area contributed by atoms with Gasteiger partial charge in [-0.15, -0.1) is 11.3 Å². The lowest BCUT2D eigenvalue weighted by Gasteiger charge is -2.12. The third kappa shape index (κ3) is 2.99. The highest BCUT2D eigenvalue weighted by molar-refractivity contribution is 7.13. The van der Waals surface area contributed by atoms with Crippen molar-refractivity contribution in [3.8, 4) is 10.4 Å². The first-order chi connectivity index (χ1) is 12.7. The van der Waals surface area contributed by atoms with Crippen LogP contribution >= 0.6 is 11.3 Å². The van der Waals surface area contributed by atoms with E-state index in [1.807, 2.05) is 55.6 Å². The molecule has 4 aromatic rings. The molecule has 130 valence electrons. The van der Waals surface area contributed by atoms with Crippen LogP contribution < -0.4 is 10.9 Å². The molecule has 0 aliphatic rings. The fourth-order valence-corrected chi connectivity index (χ4v) is 3.67. The minimum atomic E-state index is 0.0214. The van der Waals surface area contributed by atoms with Gasteiger partial charge in [-0.1, -0.05) is 12.1 Å². The zero-order valence-corrected chi connectivity index (χ0v) is 15.4. The van der Waals surface area contributed by atoms with E-state index in [0.29, 0.717) is 12.4 Å². The summed E-state index contributed by atoms with van der Waals surface area (Å²) in [6.07, 6.45) is 3.60. The van der Waals surface area contributed by atoms with Gasteiger partial charge >= 0.3 is 0 Å². The number of hydrogen-bond acceptors (Lipinski definition) is 5. The van der Waals surface area contributed by atoms with Crippen molar-refractivity contribution in [2.45, 2.75) is 20.4 Å². The predicted molar refractivity (Wildman–Crippen MR) is 107 cm³/mol. The molecule has 0 saturated heterocycles. The summed E-state index contributed by atoms with van der Waals surface area (Å²) >= 11 is 1.57. The number of hydrogen-bond donors (Lipinski definition) is 1. The van der Waals surface area contributed by atoms with E-state index in [1.54, 1.807) is 28.3 Å². The molecule has 0 aromatic carbocycles. The molecule has 4 aromatic heterocycles. The van der Waals surface area contributed by atoms with Crippen LogP contribution in [-0.4, -0.2) is 14.5 Å². The summed E-state index contributed by atoms with van der Waals surface area (Å²) in [5.41, 5.74) is 2.70. The highest BCUT2D eigenvalue weighted by Gasteiger charge is 2.12. The second-order valence-electron chi connectivity index (χ2n) is 6.06. The van der Waals surface area contributed by atoms with Crippen LogP contribution in [0.5, 0.6) is 0 Å². The minimum absolute atomic E-state index is 0.0214. The van der Waals surface area contributed by atoms with E-state index in [0.717, 1.165) is 32.7 Å². The van der Waals surface area contributed by atoms with Gasteiger partial charge in [-0.25, -0.2) is 9.97 Å². The second-order valence-corrected chi connectivity index (χ2v) is 7.01. The van der Waals surface area contributed by atoms with Crippen LogP contribution in [0.1, 0.15) is 12.5 Å². The first-order valence-electron chi connectivity index (χ1n) is 8.43. The summed E-state index contributed by atoms with van der Waals surface area (Å²) in [5.74, 6) is 1.39. The van der Waals surface area contributed by atoms with E-state index >= 15 is 0 Å². The molecule has 0 spiro atoms. The molecule has 26 heavy (non-hydrogen) atoms. The number of aryl methyl sites for hydroxylation is 2. The van der Waals surface area contributed by atoms with Crippen molar-refractivity contribution in [2.75, 3.05) is 5.32 Å². The van der Waals surface area contributed by atoms with Crippen molar-refractivity contribution < 1.29 is 0 Å². The van der Waals surface area contributed by atoms with Gasteiger partial charge in [0.1, 0.15) is 11.6 Å². The summed E-state index contributed by atoms with van der Waals surface area (Å²) in [6, 6.07) is 11.7. The number of pyridine rings is 3. The molecule has 0 aliphatic carbocycles. The van der Waals surface area contributed by atoms with Gasteiger partial charge in [0.05, 0.1) is 11.1 Å². The maximum Gasteiger partial charge on any atom is 0.259 e. The number of nitrogens with one attached hydrogen (secondary N) is 1. The Morgan fingerprint density at radius 1 is 1.12 bits per heavy atom. The molecule has 4 rings (SSSR count). The molecule has 0 bridgehead atoms. The molecule has 0 aliphatic heterocycles. The Labute approximate surface area is 155 Å². The topological polar surface area (TPSA) is 59.8 Å². The quantitative estimate of drug-likeness (QED) is 0.577. The van der Waals surface area contributed by atoms with Gasteiger partial charge in [0, 0.05) is 35.3 Å². The van der Waals surface area contributed by atoms with Crippen molar-refractivity contribution in [1.82, 2.24) is 14.5 Å². The Morgan fingerprint density at radius 2 is 1.96 bits per heavy atom. The number of anilines is 2. The monoisotopic (exact) mass is 362 g/mol. The van der Waals surface area contributed by atoms with Crippen LogP contribution in [0.4, 0.5) is 11.6 Å². The summed E-state index contributed by atoms with van der Waals surface area (Å²) in [5, 5.41) is 6.12. The maximum absolute atomic E-state index is 12.9.